The maximum Gasteiger partial charge on any atom is 0.419 e. The molecule has 1 saturated carbocycles. The van der Waals surface area contributed by atoms with Crippen LogP contribution in [0.2, 0.25) is 0 Å². The number of hydrogen-bond donors (Lipinski definition) is 1. The molecule has 1 N–H and O–H groups in total. The number of amides is 2. The van der Waals surface area contributed by atoms with Crippen LogP contribution in [0, 0.1) is 11.3 Å². The molecule has 2 amide bonds. The van der Waals surface area contributed by atoms with Crippen LogP contribution in [0.1, 0.15) is 48.9 Å². The number of nitrogens with zero attached hydrogens (tertiary/aromatic N) is 4. The third-order valence-corrected chi connectivity index (χ3v) is 6.84. The minimum Gasteiger partial charge on any atom is -0.359 e. The quantitative estimate of drug-likeness (QED) is 0.600. The highest BCUT2D eigenvalue weighted by Crippen LogP contribution is 2.48. The molecule has 1 spiro atoms. The first kappa shape index (κ1) is 24.6. The van der Waals surface area contributed by atoms with Crippen LogP contribution < -0.4 is 15.1 Å². The zero-order valence-electron chi connectivity index (χ0n) is 18.9. The lowest BCUT2D eigenvalue weighted by molar-refractivity contribution is -0.138. The maximum absolute atomic E-state index is 13.5. The lowest BCUT2D eigenvalue weighted by atomic mass is 9.75. The molecule has 1 saturated heterocycles. The molecule has 1 aliphatic heterocycles. The third kappa shape index (κ3) is 4.34. The molecule has 2 fully saturated rings. The average Bonchev–Trinajstić information content (AvgIpc) is 3.05. The molecule has 1 aromatic carbocycles. The van der Waals surface area contributed by atoms with Crippen molar-refractivity contribution in [1.29, 1.82) is 5.26 Å². The number of halogens is 3. The third-order valence-electron chi connectivity index (χ3n) is 6.48. The van der Waals surface area contributed by atoms with E-state index in [9.17, 15) is 22.8 Å². The average molecular weight is 502 g/mol. The molecule has 4 rings (SSSR count). The van der Waals surface area contributed by atoms with Gasteiger partial charge in [0.05, 0.1) is 17.4 Å². The van der Waals surface area contributed by atoms with Crippen molar-refractivity contribution in [2.45, 2.75) is 50.2 Å². The van der Waals surface area contributed by atoms with Crippen LogP contribution in [0.5, 0.6) is 0 Å². The molecule has 0 bridgehead atoms. The number of pyridine rings is 1. The second-order valence-electron chi connectivity index (χ2n) is 8.54. The van der Waals surface area contributed by atoms with Gasteiger partial charge >= 0.3 is 6.18 Å². The molecule has 182 valence electrons. The number of rotatable bonds is 6. The summed E-state index contributed by atoms with van der Waals surface area (Å²) in [5.41, 5.74) is -1.37. The Bertz CT molecular complexity index is 1220. The first-order valence-electron chi connectivity index (χ1n) is 11.1. The summed E-state index contributed by atoms with van der Waals surface area (Å²) in [6.45, 7) is 0. The molecule has 11 heteroatoms. The van der Waals surface area contributed by atoms with Gasteiger partial charge in [-0.05, 0) is 68.1 Å². The molecule has 2 heterocycles. The minimum absolute atomic E-state index is 0.0273. The standard InChI is InChI=1S/C24H22F3N5O2S/c1-29-20(33)5-2-4-15-6-8-16(9-7-15)32-22(35)31(21(34)23(32)10-3-11-23)17-12-18(24(25,26)27)19(13-28)30-14-17/h6-9,12,14H,2-5,10-11H2,1H3,(H,29,33). The van der Waals surface area contributed by atoms with E-state index < -0.39 is 28.9 Å². The second kappa shape index (κ2) is 9.26. The highest BCUT2D eigenvalue weighted by molar-refractivity contribution is 7.81. The number of carbonyl (C=O) groups is 2. The van der Waals surface area contributed by atoms with Crippen LogP contribution in [0.15, 0.2) is 36.5 Å². The van der Waals surface area contributed by atoms with Crippen molar-refractivity contribution in [3.8, 4) is 6.07 Å². The van der Waals surface area contributed by atoms with E-state index in [4.69, 9.17) is 17.5 Å². The maximum atomic E-state index is 13.5. The van der Waals surface area contributed by atoms with E-state index in [2.05, 4.69) is 10.3 Å². The normalized spacial score (nSPS) is 16.9. The minimum atomic E-state index is -4.81. The van der Waals surface area contributed by atoms with Crippen LogP contribution in [-0.2, 0) is 22.2 Å². The van der Waals surface area contributed by atoms with Crippen LogP contribution in [0.4, 0.5) is 24.5 Å². The van der Waals surface area contributed by atoms with Gasteiger partial charge in [-0.25, -0.2) is 4.98 Å². The Balaban J connectivity index is 1.64. The molecular formula is C24H22F3N5O2S. The Morgan fingerprint density at radius 2 is 1.94 bits per heavy atom. The number of thiocarbonyl (C=S) groups is 1. The van der Waals surface area contributed by atoms with Gasteiger partial charge in [-0.15, -0.1) is 0 Å². The van der Waals surface area contributed by atoms with E-state index in [1.54, 1.807) is 11.9 Å². The van der Waals surface area contributed by atoms with E-state index >= 15 is 0 Å². The van der Waals surface area contributed by atoms with Crippen molar-refractivity contribution < 1.29 is 22.8 Å². The van der Waals surface area contributed by atoms with Gasteiger partial charge in [0, 0.05) is 19.2 Å². The summed E-state index contributed by atoms with van der Waals surface area (Å²) < 4.78 is 40.5. The Labute approximate surface area is 205 Å². The molecular weight excluding hydrogens is 479 g/mol. The largest absolute Gasteiger partial charge is 0.419 e. The number of carbonyl (C=O) groups excluding carboxylic acids is 2. The summed E-state index contributed by atoms with van der Waals surface area (Å²) in [6.07, 6.45) is -0.104. The number of hydrogen-bond acceptors (Lipinski definition) is 5. The molecule has 2 aromatic rings. The van der Waals surface area contributed by atoms with E-state index in [-0.39, 0.29) is 16.7 Å². The van der Waals surface area contributed by atoms with Gasteiger partial charge < -0.3 is 10.2 Å². The smallest absolute Gasteiger partial charge is 0.359 e. The molecule has 2 aliphatic rings. The lowest BCUT2D eigenvalue weighted by Crippen LogP contribution is -2.55. The number of aromatic nitrogens is 1. The number of alkyl halides is 3. The fourth-order valence-corrected chi connectivity index (χ4v) is 4.95. The van der Waals surface area contributed by atoms with Crippen molar-refractivity contribution in [2.75, 3.05) is 16.8 Å². The predicted molar refractivity (Wildman–Crippen MR) is 127 cm³/mol. The monoisotopic (exact) mass is 501 g/mol. The fourth-order valence-electron chi connectivity index (χ4n) is 4.48. The zero-order valence-corrected chi connectivity index (χ0v) is 19.7. The van der Waals surface area contributed by atoms with Crippen molar-refractivity contribution in [3.05, 3.63) is 53.3 Å². The van der Waals surface area contributed by atoms with Gasteiger partial charge in [-0.2, -0.15) is 18.4 Å². The molecule has 0 unspecified atom stereocenters. The Kier molecular flexibility index (Phi) is 6.51. The van der Waals surface area contributed by atoms with Crippen LogP contribution >= 0.6 is 12.2 Å². The fraction of sp³-hybridized carbons (Fsp3) is 0.375. The zero-order chi connectivity index (χ0) is 25.4. The van der Waals surface area contributed by atoms with Crippen molar-refractivity contribution >= 4 is 40.5 Å². The summed E-state index contributed by atoms with van der Waals surface area (Å²) >= 11 is 5.61. The van der Waals surface area contributed by atoms with Gasteiger partial charge in [0.25, 0.3) is 5.91 Å². The van der Waals surface area contributed by atoms with E-state index in [1.807, 2.05) is 24.3 Å². The van der Waals surface area contributed by atoms with E-state index in [0.717, 1.165) is 29.1 Å². The van der Waals surface area contributed by atoms with Gasteiger partial charge in [0.1, 0.15) is 11.6 Å². The summed E-state index contributed by atoms with van der Waals surface area (Å²) in [6, 6.07) is 9.65. The predicted octanol–water partition coefficient (Wildman–Crippen LogP) is 4.10. The Morgan fingerprint density at radius 3 is 2.49 bits per heavy atom. The van der Waals surface area contributed by atoms with Crippen LogP contribution in [0.3, 0.4) is 0 Å². The number of nitriles is 1. The summed E-state index contributed by atoms with van der Waals surface area (Å²) in [7, 11) is 1.59. The van der Waals surface area contributed by atoms with E-state index in [1.165, 1.54) is 6.07 Å². The SMILES string of the molecule is CNC(=O)CCCc1ccc(N2C(=S)N(c3cnc(C#N)c(C(F)(F)F)c3)C(=O)C23CCC3)cc1. The molecule has 1 aliphatic carbocycles. The highest BCUT2D eigenvalue weighted by Gasteiger charge is 2.59. The lowest BCUT2D eigenvalue weighted by Gasteiger charge is -2.43. The number of benzene rings is 1. The number of nitrogens with one attached hydrogen (secondary N) is 1. The molecule has 0 atom stereocenters. The van der Waals surface area contributed by atoms with Gasteiger partial charge in [-0.3, -0.25) is 14.5 Å². The van der Waals surface area contributed by atoms with Crippen molar-refractivity contribution in [2.24, 2.45) is 0 Å². The molecule has 0 radical (unpaired) electrons. The van der Waals surface area contributed by atoms with Gasteiger partial charge in [0.15, 0.2) is 10.8 Å². The molecule has 35 heavy (non-hydrogen) atoms. The van der Waals surface area contributed by atoms with Crippen molar-refractivity contribution in [1.82, 2.24) is 10.3 Å². The summed E-state index contributed by atoms with van der Waals surface area (Å²) in [5, 5.41) is 11.7. The summed E-state index contributed by atoms with van der Waals surface area (Å²) in [4.78, 5) is 31.4. The number of aryl methyl sites for hydroxylation is 1. The highest BCUT2D eigenvalue weighted by atomic mass is 32.1. The first-order chi connectivity index (χ1) is 16.6. The molecule has 7 nitrogen and oxygen atoms in total. The topological polar surface area (TPSA) is 89.3 Å². The Hall–Kier alpha value is -3.52. The molecule has 1 aromatic heterocycles. The van der Waals surface area contributed by atoms with Crippen LogP contribution in [0.25, 0.3) is 0 Å². The number of anilines is 2. The Morgan fingerprint density at radius 1 is 1.26 bits per heavy atom. The van der Waals surface area contributed by atoms with E-state index in [0.29, 0.717) is 37.8 Å². The first-order valence-corrected chi connectivity index (χ1v) is 11.5. The second-order valence-corrected chi connectivity index (χ2v) is 8.90. The van der Waals surface area contributed by atoms with Crippen LogP contribution in [-0.4, -0.2) is 34.5 Å². The van der Waals surface area contributed by atoms with Gasteiger partial charge in [-0.1, -0.05) is 12.1 Å². The summed E-state index contributed by atoms with van der Waals surface area (Å²) in [5.74, 6) is -0.427. The van der Waals surface area contributed by atoms with Crippen molar-refractivity contribution in [3.63, 3.8) is 0 Å². The van der Waals surface area contributed by atoms with Gasteiger partial charge in [0.2, 0.25) is 5.91 Å².